The minimum absolute atomic E-state index is 0.285. The maximum Gasteiger partial charge on any atom is 0.132 e. The predicted octanol–water partition coefficient (Wildman–Crippen LogP) is 2.91. The third-order valence-electron chi connectivity index (χ3n) is 2.10. The molecule has 0 unspecified atom stereocenters. The van der Waals surface area contributed by atoms with Gasteiger partial charge in [-0.1, -0.05) is 13.0 Å². The van der Waals surface area contributed by atoms with E-state index in [-0.39, 0.29) is 5.78 Å². The van der Waals surface area contributed by atoms with Crippen LogP contribution < -0.4 is 0 Å². The van der Waals surface area contributed by atoms with Crippen LogP contribution in [0.15, 0.2) is 18.2 Å². The van der Waals surface area contributed by atoms with Crippen molar-refractivity contribution in [1.82, 2.24) is 0 Å². The highest BCUT2D eigenvalue weighted by Crippen LogP contribution is 2.20. The van der Waals surface area contributed by atoms with Crippen molar-refractivity contribution >= 4 is 28.4 Å². The lowest BCUT2D eigenvalue weighted by molar-refractivity contribution is -0.118. The number of halogens is 1. The molecule has 1 aromatic carbocycles. The summed E-state index contributed by atoms with van der Waals surface area (Å²) in [6.45, 7) is 1.88. The number of hydrogen-bond donors (Lipinski definition) is 1. The molecular formula is C11H13IO2. The minimum Gasteiger partial charge on any atom is -0.507 e. The van der Waals surface area contributed by atoms with E-state index in [1.54, 1.807) is 6.07 Å². The molecule has 2 nitrogen and oxygen atoms in total. The van der Waals surface area contributed by atoms with E-state index in [1.165, 1.54) is 0 Å². The first-order chi connectivity index (χ1) is 6.63. The average Bonchev–Trinajstić information content (AvgIpc) is 2.19. The highest BCUT2D eigenvalue weighted by Gasteiger charge is 2.02. The number of phenolic OH excluding ortho intramolecular Hbond substituents is 1. The van der Waals surface area contributed by atoms with E-state index < -0.39 is 0 Å². The normalized spacial score (nSPS) is 10.1. The molecule has 0 saturated carbocycles. The average molecular weight is 304 g/mol. The van der Waals surface area contributed by atoms with Gasteiger partial charge in [0.15, 0.2) is 0 Å². The van der Waals surface area contributed by atoms with Gasteiger partial charge < -0.3 is 5.11 Å². The maximum absolute atomic E-state index is 11.1. The molecule has 0 saturated heterocycles. The second-order valence-electron chi connectivity index (χ2n) is 3.18. The topological polar surface area (TPSA) is 37.3 Å². The fourth-order valence-corrected chi connectivity index (χ4v) is 1.75. The Morgan fingerprint density at radius 1 is 1.50 bits per heavy atom. The quantitative estimate of drug-likeness (QED) is 0.869. The summed E-state index contributed by atoms with van der Waals surface area (Å²) in [6.07, 6.45) is 1.97. The molecule has 0 radical (unpaired) electrons. The Morgan fingerprint density at radius 3 is 2.79 bits per heavy atom. The van der Waals surface area contributed by atoms with Gasteiger partial charge in [0.05, 0.1) is 3.57 Å². The standard InChI is InChI=1S/C11H13IO2/c1-2-9(13)5-3-8-4-6-11(14)10(12)7-8/h4,6-7,14H,2-3,5H2,1H3. The Morgan fingerprint density at radius 2 is 2.21 bits per heavy atom. The van der Waals surface area contributed by atoms with E-state index in [2.05, 4.69) is 22.6 Å². The zero-order chi connectivity index (χ0) is 10.6. The van der Waals surface area contributed by atoms with Gasteiger partial charge in [0.1, 0.15) is 11.5 Å². The molecule has 76 valence electrons. The van der Waals surface area contributed by atoms with Crippen molar-refractivity contribution in [2.24, 2.45) is 0 Å². The number of carbonyl (C=O) groups excluding carboxylic acids is 1. The van der Waals surface area contributed by atoms with Crippen molar-refractivity contribution < 1.29 is 9.90 Å². The lowest BCUT2D eigenvalue weighted by Gasteiger charge is -2.02. The number of benzene rings is 1. The van der Waals surface area contributed by atoms with Crippen LogP contribution in [0.3, 0.4) is 0 Å². The summed E-state index contributed by atoms with van der Waals surface area (Å²) >= 11 is 2.08. The number of aromatic hydroxyl groups is 1. The molecule has 0 aliphatic rings. The molecule has 3 heteroatoms. The Kier molecular flexibility index (Phi) is 4.38. The van der Waals surface area contributed by atoms with Gasteiger partial charge >= 0.3 is 0 Å². The van der Waals surface area contributed by atoms with Gasteiger partial charge in [0.25, 0.3) is 0 Å². The van der Waals surface area contributed by atoms with Gasteiger partial charge in [-0.3, -0.25) is 4.79 Å². The van der Waals surface area contributed by atoms with Gasteiger partial charge in [-0.15, -0.1) is 0 Å². The zero-order valence-corrected chi connectivity index (χ0v) is 10.2. The van der Waals surface area contributed by atoms with Crippen LogP contribution >= 0.6 is 22.6 Å². The highest BCUT2D eigenvalue weighted by atomic mass is 127. The van der Waals surface area contributed by atoms with Crippen LogP contribution in [0.25, 0.3) is 0 Å². The van der Waals surface area contributed by atoms with Crippen LogP contribution in [0.5, 0.6) is 5.75 Å². The molecule has 0 atom stereocenters. The van der Waals surface area contributed by atoms with Crippen LogP contribution in [0.4, 0.5) is 0 Å². The molecule has 1 N–H and O–H groups in total. The van der Waals surface area contributed by atoms with Gasteiger partial charge in [-0.25, -0.2) is 0 Å². The summed E-state index contributed by atoms with van der Waals surface area (Å²) in [5, 5.41) is 9.29. The monoisotopic (exact) mass is 304 g/mol. The molecule has 14 heavy (non-hydrogen) atoms. The van der Waals surface area contributed by atoms with Crippen molar-refractivity contribution in [3.63, 3.8) is 0 Å². The van der Waals surface area contributed by atoms with Crippen LogP contribution in [0.1, 0.15) is 25.3 Å². The van der Waals surface area contributed by atoms with E-state index in [1.807, 2.05) is 19.1 Å². The number of aryl methyl sites for hydroxylation is 1. The van der Waals surface area contributed by atoms with Crippen LogP contribution in [-0.2, 0) is 11.2 Å². The molecular weight excluding hydrogens is 291 g/mol. The number of hydrogen-bond acceptors (Lipinski definition) is 2. The molecule has 0 aliphatic carbocycles. The lowest BCUT2D eigenvalue weighted by Crippen LogP contribution is -1.97. The Balaban J connectivity index is 2.60. The lowest BCUT2D eigenvalue weighted by atomic mass is 10.1. The summed E-state index contributed by atoms with van der Waals surface area (Å²) in [7, 11) is 0. The van der Waals surface area contributed by atoms with E-state index in [0.29, 0.717) is 18.6 Å². The van der Waals surface area contributed by atoms with E-state index in [4.69, 9.17) is 0 Å². The SMILES string of the molecule is CCC(=O)CCc1ccc(O)c(I)c1. The molecule has 0 spiro atoms. The first kappa shape index (κ1) is 11.5. The largest absolute Gasteiger partial charge is 0.507 e. The predicted molar refractivity (Wildman–Crippen MR) is 64.4 cm³/mol. The Bertz CT molecular complexity index is 334. The number of rotatable bonds is 4. The van der Waals surface area contributed by atoms with Crippen molar-refractivity contribution in [2.75, 3.05) is 0 Å². The maximum atomic E-state index is 11.1. The molecule has 0 aromatic heterocycles. The van der Waals surface area contributed by atoms with E-state index >= 15 is 0 Å². The summed E-state index contributed by atoms with van der Waals surface area (Å²) in [6, 6.07) is 5.45. The van der Waals surface area contributed by atoms with Crippen molar-refractivity contribution in [3.8, 4) is 5.75 Å². The molecule has 1 aromatic rings. The molecule has 0 bridgehead atoms. The van der Waals surface area contributed by atoms with Crippen molar-refractivity contribution in [1.29, 1.82) is 0 Å². The minimum atomic E-state index is 0.285. The van der Waals surface area contributed by atoms with Crippen molar-refractivity contribution in [3.05, 3.63) is 27.3 Å². The third-order valence-corrected chi connectivity index (χ3v) is 2.96. The molecule has 0 heterocycles. The third kappa shape index (κ3) is 3.29. The van der Waals surface area contributed by atoms with Crippen LogP contribution in [-0.4, -0.2) is 10.9 Å². The van der Waals surface area contributed by atoms with E-state index in [9.17, 15) is 9.90 Å². The van der Waals surface area contributed by atoms with Gasteiger partial charge in [-0.05, 0) is 46.7 Å². The Hall–Kier alpha value is -0.580. The smallest absolute Gasteiger partial charge is 0.132 e. The van der Waals surface area contributed by atoms with Gasteiger partial charge in [0, 0.05) is 12.8 Å². The van der Waals surface area contributed by atoms with Crippen molar-refractivity contribution in [2.45, 2.75) is 26.2 Å². The van der Waals surface area contributed by atoms with E-state index in [0.717, 1.165) is 15.6 Å². The fourth-order valence-electron chi connectivity index (χ4n) is 1.17. The Labute approximate surface area is 97.5 Å². The van der Waals surface area contributed by atoms with Crippen LogP contribution in [0.2, 0.25) is 0 Å². The number of ketones is 1. The second-order valence-corrected chi connectivity index (χ2v) is 4.34. The number of Topliss-reactive ketones (excluding diaryl/α,β-unsaturated/α-hetero) is 1. The summed E-state index contributed by atoms with van der Waals surface area (Å²) in [5.41, 5.74) is 1.11. The number of phenols is 1. The molecule has 0 aliphatic heterocycles. The van der Waals surface area contributed by atoms with Gasteiger partial charge in [0.2, 0.25) is 0 Å². The summed E-state index contributed by atoms with van der Waals surface area (Å²) in [4.78, 5) is 11.1. The van der Waals surface area contributed by atoms with Gasteiger partial charge in [-0.2, -0.15) is 0 Å². The van der Waals surface area contributed by atoms with Crippen LogP contribution in [0, 0.1) is 3.57 Å². The second kappa shape index (κ2) is 5.34. The fraction of sp³-hybridized carbons (Fsp3) is 0.364. The molecule has 1 rings (SSSR count). The highest BCUT2D eigenvalue weighted by molar-refractivity contribution is 14.1. The summed E-state index contributed by atoms with van der Waals surface area (Å²) < 4.78 is 0.837. The zero-order valence-electron chi connectivity index (χ0n) is 8.09. The molecule has 0 amide bonds. The first-order valence-corrected chi connectivity index (χ1v) is 5.70. The summed E-state index contributed by atoms with van der Waals surface area (Å²) in [5.74, 6) is 0.587. The first-order valence-electron chi connectivity index (χ1n) is 4.62. The molecule has 0 fully saturated rings. The number of carbonyl (C=O) groups is 1.